The van der Waals surface area contributed by atoms with Crippen LogP contribution >= 0.6 is 0 Å². The highest BCUT2D eigenvalue weighted by atomic mass is 15.0. The summed E-state index contributed by atoms with van der Waals surface area (Å²) < 4.78 is 0. The van der Waals surface area contributed by atoms with Crippen LogP contribution in [-0.4, -0.2) is 24.6 Å². The van der Waals surface area contributed by atoms with E-state index >= 15 is 0 Å². The number of anilines is 1. The zero-order valence-corrected chi connectivity index (χ0v) is 12.5. The number of nitrogens with one attached hydrogen (secondary N) is 2. The van der Waals surface area contributed by atoms with Crippen LogP contribution in [-0.2, 0) is 0 Å². The van der Waals surface area contributed by atoms with E-state index < -0.39 is 0 Å². The van der Waals surface area contributed by atoms with Gasteiger partial charge >= 0.3 is 0 Å². The molecule has 2 N–H and O–H groups in total. The van der Waals surface area contributed by atoms with Gasteiger partial charge < -0.3 is 10.6 Å². The smallest absolute Gasteiger partial charge is 0.125 e. The summed E-state index contributed by atoms with van der Waals surface area (Å²) in [6.07, 6.45) is 7.26. The summed E-state index contributed by atoms with van der Waals surface area (Å²) in [5.74, 6) is 0.949. The van der Waals surface area contributed by atoms with Gasteiger partial charge in [-0.05, 0) is 37.1 Å². The van der Waals surface area contributed by atoms with Crippen LogP contribution in [0.5, 0.6) is 0 Å². The lowest BCUT2D eigenvalue weighted by atomic mass is 10.2. The molecule has 3 heteroatoms. The fraction of sp³-hybridized carbons (Fsp3) is 0.278. The van der Waals surface area contributed by atoms with Crippen molar-refractivity contribution < 1.29 is 0 Å². The van der Waals surface area contributed by atoms with Gasteiger partial charge in [0.25, 0.3) is 0 Å². The Morgan fingerprint density at radius 3 is 2.67 bits per heavy atom. The lowest BCUT2D eigenvalue weighted by molar-refractivity contribution is 0.711. The molecule has 21 heavy (non-hydrogen) atoms. The Morgan fingerprint density at radius 2 is 1.90 bits per heavy atom. The molecule has 0 aliphatic heterocycles. The summed E-state index contributed by atoms with van der Waals surface area (Å²) in [7, 11) is 0. The highest BCUT2D eigenvalue weighted by molar-refractivity contribution is 5.48. The summed E-state index contributed by atoms with van der Waals surface area (Å²) in [4.78, 5) is 4.32. The van der Waals surface area contributed by atoms with Crippen LogP contribution in [0.4, 0.5) is 5.82 Å². The average Bonchev–Trinajstić information content (AvgIpc) is 2.53. The van der Waals surface area contributed by atoms with E-state index in [9.17, 15) is 0 Å². The second-order valence-corrected chi connectivity index (χ2v) is 5.02. The van der Waals surface area contributed by atoms with Gasteiger partial charge in [-0.15, -0.1) is 0 Å². The lowest BCUT2D eigenvalue weighted by Crippen LogP contribution is -2.18. The fourth-order valence-electron chi connectivity index (χ4n) is 1.95. The highest BCUT2D eigenvalue weighted by Gasteiger charge is 1.92. The molecule has 2 rings (SSSR count). The number of pyridine rings is 1. The Balaban J connectivity index is 1.52. The van der Waals surface area contributed by atoms with Gasteiger partial charge in [0.2, 0.25) is 0 Å². The maximum absolute atomic E-state index is 4.32. The third kappa shape index (κ3) is 6.23. The molecule has 0 bridgehead atoms. The molecule has 3 nitrogen and oxygen atoms in total. The summed E-state index contributed by atoms with van der Waals surface area (Å²) in [6, 6.07) is 14.4. The molecule has 0 unspecified atom stereocenters. The molecule has 2 aromatic rings. The van der Waals surface area contributed by atoms with Crippen molar-refractivity contribution in [3.8, 4) is 0 Å². The second kappa shape index (κ2) is 8.93. The molecule has 0 aliphatic rings. The first-order valence-corrected chi connectivity index (χ1v) is 7.43. The molecule has 1 aromatic heterocycles. The van der Waals surface area contributed by atoms with Crippen molar-refractivity contribution in [2.24, 2.45) is 0 Å². The van der Waals surface area contributed by atoms with Crippen molar-refractivity contribution >= 4 is 11.9 Å². The molecule has 0 atom stereocenters. The molecule has 1 heterocycles. The van der Waals surface area contributed by atoms with Gasteiger partial charge in [-0.3, -0.25) is 0 Å². The lowest BCUT2D eigenvalue weighted by Gasteiger charge is -2.06. The Kier molecular flexibility index (Phi) is 6.49. The number of hydrogen-bond donors (Lipinski definition) is 2. The third-order valence-electron chi connectivity index (χ3n) is 3.12. The van der Waals surface area contributed by atoms with E-state index in [0.29, 0.717) is 0 Å². The predicted octanol–water partition coefficient (Wildman–Crippen LogP) is 3.50. The first-order valence-electron chi connectivity index (χ1n) is 7.43. The van der Waals surface area contributed by atoms with Crippen LogP contribution in [0.15, 0.2) is 54.7 Å². The minimum Gasteiger partial charge on any atom is -0.370 e. The zero-order chi connectivity index (χ0) is 14.8. The largest absolute Gasteiger partial charge is 0.370 e. The Labute approximate surface area is 127 Å². The van der Waals surface area contributed by atoms with Crippen molar-refractivity contribution in [3.63, 3.8) is 0 Å². The number of nitrogens with zero attached hydrogens (tertiary/aromatic N) is 1. The normalized spacial score (nSPS) is 10.9. The Hall–Kier alpha value is -2.13. The minimum atomic E-state index is 0.900. The van der Waals surface area contributed by atoms with Crippen LogP contribution in [0.1, 0.15) is 17.5 Å². The van der Waals surface area contributed by atoms with Gasteiger partial charge in [0.1, 0.15) is 5.82 Å². The van der Waals surface area contributed by atoms with Gasteiger partial charge in [-0.1, -0.05) is 48.6 Å². The number of aryl methyl sites for hydroxylation is 1. The van der Waals surface area contributed by atoms with E-state index in [1.165, 1.54) is 11.1 Å². The van der Waals surface area contributed by atoms with E-state index in [1.807, 2.05) is 25.3 Å². The molecule has 0 saturated carbocycles. The van der Waals surface area contributed by atoms with Gasteiger partial charge in [-0.25, -0.2) is 4.98 Å². The Bertz CT molecular complexity index is 532. The molecule has 0 radical (unpaired) electrons. The number of benzene rings is 1. The van der Waals surface area contributed by atoms with Gasteiger partial charge in [-0.2, -0.15) is 0 Å². The molecule has 0 fully saturated rings. The molecule has 0 amide bonds. The second-order valence-electron chi connectivity index (χ2n) is 5.02. The molecule has 110 valence electrons. The van der Waals surface area contributed by atoms with Crippen LogP contribution in [0.2, 0.25) is 0 Å². The third-order valence-corrected chi connectivity index (χ3v) is 3.12. The fourth-order valence-corrected chi connectivity index (χ4v) is 1.95. The monoisotopic (exact) mass is 281 g/mol. The maximum Gasteiger partial charge on any atom is 0.125 e. The van der Waals surface area contributed by atoms with E-state index in [4.69, 9.17) is 0 Å². The molecular formula is C18H23N3. The van der Waals surface area contributed by atoms with Crippen LogP contribution in [0.25, 0.3) is 6.08 Å². The quantitative estimate of drug-likeness (QED) is 0.727. The molecule has 1 aromatic carbocycles. The van der Waals surface area contributed by atoms with Crippen molar-refractivity contribution in [3.05, 3.63) is 65.9 Å². The van der Waals surface area contributed by atoms with Crippen molar-refractivity contribution in [1.29, 1.82) is 0 Å². The van der Waals surface area contributed by atoms with Crippen LogP contribution in [0, 0.1) is 6.92 Å². The van der Waals surface area contributed by atoms with Crippen molar-refractivity contribution in [2.75, 3.05) is 25.0 Å². The van der Waals surface area contributed by atoms with Gasteiger partial charge in [0.15, 0.2) is 0 Å². The average molecular weight is 281 g/mol. The zero-order valence-electron chi connectivity index (χ0n) is 12.5. The minimum absolute atomic E-state index is 0.900. The number of hydrogen-bond acceptors (Lipinski definition) is 3. The standard InChI is InChI=1S/C18H23N3/c1-16-10-11-18(21-15-16)20-14-6-13-19-12-5-9-17-7-3-2-4-8-17/h2-5,7-11,15,19H,6,12-14H2,1H3,(H,20,21)/b9-5+. The number of rotatable bonds is 8. The molecular weight excluding hydrogens is 258 g/mol. The Morgan fingerprint density at radius 1 is 1.05 bits per heavy atom. The number of aromatic nitrogens is 1. The summed E-state index contributed by atoms with van der Waals surface area (Å²) in [5, 5.41) is 6.72. The topological polar surface area (TPSA) is 37.0 Å². The van der Waals surface area contributed by atoms with Crippen LogP contribution < -0.4 is 10.6 Å². The molecule has 0 aliphatic carbocycles. The van der Waals surface area contributed by atoms with E-state index in [-0.39, 0.29) is 0 Å². The summed E-state index contributed by atoms with van der Waals surface area (Å²) in [6.45, 7) is 4.88. The molecule has 0 saturated heterocycles. The van der Waals surface area contributed by atoms with Gasteiger partial charge in [0, 0.05) is 19.3 Å². The maximum atomic E-state index is 4.32. The predicted molar refractivity (Wildman–Crippen MR) is 90.4 cm³/mol. The van der Waals surface area contributed by atoms with Crippen molar-refractivity contribution in [1.82, 2.24) is 10.3 Å². The molecule has 0 spiro atoms. The van der Waals surface area contributed by atoms with E-state index in [2.05, 4.69) is 58.1 Å². The van der Waals surface area contributed by atoms with Gasteiger partial charge in [0.05, 0.1) is 0 Å². The van der Waals surface area contributed by atoms with Crippen LogP contribution in [0.3, 0.4) is 0 Å². The van der Waals surface area contributed by atoms with E-state index in [1.54, 1.807) is 0 Å². The first kappa shape index (κ1) is 15.3. The van der Waals surface area contributed by atoms with Crippen molar-refractivity contribution in [2.45, 2.75) is 13.3 Å². The summed E-state index contributed by atoms with van der Waals surface area (Å²) in [5.41, 5.74) is 2.43. The first-order chi connectivity index (χ1) is 10.3. The highest BCUT2D eigenvalue weighted by Crippen LogP contribution is 2.03. The SMILES string of the molecule is Cc1ccc(NCCCNC/C=C/c2ccccc2)nc1. The summed E-state index contributed by atoms with van der Waals surface area (Å²) >= 11 is 0. The van der Waals surface area contributed by atoms with E-state index in [0.717, 1.165) is 31.9 Å².